The summed E-state index contributed by atoms with van der Waals surface area (Å²) >= 11 is 7.76. The van der Waals surface area contributed by atoms with Gasteiger partial charge in [-0.25, -0.2) is 4.39 Å². The maximum absolute atomic E-state index is 14.0. The van der Waals surface area contributed by atoms with E-state index in [2.05, 4.69) is 17.1 Å². The van der Waals surface area contributed by atoms with Crippen LogP contribution in [0.5, 0.6) is 0 Å². The minimum atomic E-state index is -0.465. The molecule has 1 amide bonds. The topological polar surface area (TPSA) is 44.7 Å². The Morgan fingerprint density at radius 1 is 1.26 bits per heavy atom. The van der Waals surface area contributed by atoms with Crippen LogP contribution in [0, 0.1) is 23.6 Å². The van der Waals surface area contributed by atoms with E-state index < -0.39 is 5.82 Å². The van der Waals surface area contributed by atoms with Crippen LogP contribution in [0.3, 0.4) is 0 Å². The van der Waals surface area contributed by atoms with Gasteiger partial charge in [0, 0.05) is 29.8 Å². The summed E-state index contributed by atoms with van der Waals surface area (Å²) in [4.78, 5) is 20.5. The van der Waals surface area contributed by atoms with Crippen molar-refractivity contribution in [2.45, 2.75) is 69.9 Å². The third-order valence-electron chi connectivity index (χ3n) is 7.52. The number of carbonyl (C=O) groups is 1. The van der Waals surface area contributed by atoms with Crippen LogP contribution in [-0.4, -0.2) is 39.9 Å². The first-order chi connectivity index (χ1) is 14.9. The molecule has 1 aromatic carbocycles. The molecule has 7 heteroatoms. The highest BCUT2D eigenvalue weighted by molar-refractivity contribution is 8.14. The van der Waals surface area contributed by atoms with Gasteiger partial charge in [0.15, 0.2) is 5.17 Å². The fourth-order valence-electron chi connectivity index (χ4n) is 6.70. The third kappa shape index (κ3) is 4.47. The van der Waals surface area contributed by atoms with Crippen molar-refractivity contribution in [1.29, 1.82) is 0 Å². The highest BCUT2D eigenvalue weighted by Gasteiger charge is 2.51. The summed E-state index contributed by atoms with van der Waals surface area (Å²) in [6.45, 7) is 3.07. The molecule has 1 N–H and O–H groups in total. The van der Waals surface area contributed by atoms with E-state index in [0.29, 0.717) is 11.4 Å². The van der Waals surface area contributed by atoms with Crippen molar-refractivity contribution in [3.63, 3.8) is 0 Å². The molecule has 4 saturated carbocycles. The first kappa shape index (κ1) is 21.6. The van der Waals surface area contributed by atoms with E-state index in [1.807, 2.05) is 0 Å². The largest absolute Gasteiger partial charge is 0.347 e. The Kier molecular flexibility index (Phi) is 5.97. The average Bonchev–Trinajstić information content (AvgIpc) is 3.04. The number of carbonyl (C=O) groups excluding carboxylic acids is 1. The standard InChI is InChI=1S/C24H31ClFN3OS/c1-2-5-29-19(10-22(30)27-21-9-18(25)3-4-20(21)26)14-31-23(29)28-24-11-15-6-16(12-24)8-17(7-15)13-24/h3-4,9,15-17,19H,2,5-8,10-14H2,1H3,(H,27,30). The van der Waals surface area contributed by atoms with Crippen molar-refractivity contribution in [3.8, 4) is 0 Å². The van der Waals surface area contributed by atoms with Gasteiger partial charge in [-0.1, -0.05) is 30.3 Å². The molecule has 1 aromatic rings. The molecular weight excluding hydrogens is 433 g/mol. The Hall–Kier alpha value is -1.27. The Balaban J connectivity index is 1.29. The maximum atomic E-state index is 14.0. The molecule has 0 spiro atoms. The fraction of sp³-hybridized carbons (Fsp3) is 0.667. The normalized spacial score (nSPS) is 35.2. The Bertz CT molecular complexity index is 856. The number of rotatable bonds is 6. The Labute approximate surface area is 193 Å². The van der Waals surface area contributed by atoms with Crippen molar-refractivity contribution in [2.75, 3.05) is 17.6 Å². The molecule has 1 atom stereocenters. The monoisotopic (exact) mass is 463 g/mol. The molecular formula is C24H31ClFN3OS. The van der Waals surface area contributed by atoms with Crippen LogP contribution in [-0.2, 0) is 4.79 Å². The molecule has 5 fully saturated rings. The van der Waals surface area contributed by atoms with E-state index in [1.165, 1.54) is 56.7 Å². The highest BCUT2D eigenvalue weighted by atomic mass is 35.5. The summed E-state index contributed by atoms with van der Waals surface area (Å²) < 4.78 is 14.0. The molecule has 4 aliphatic carbocycles. The Morgan fingerprint density at radius 3 is 2.58 bits per heavy atom. The third-order valence-corrected chi connectivity index (χ3v) is 8.89. The van der Waals surface area contributed by atoms with Crippen molar-refractivity contribution in [1.82, 2.24) is 4.90 Å². The van der Waals surface area contributed by atoms with Gasteiger partial charge in [0.2, 0.25) is 5.91 Å². The lowest BCUT2D eigenvalue weighted by molar-refractivity contribution is -0.116. The van der Waals surface area contributed by atoms with Gasteiger partial charge in [0.25, 0.3) is 0 Å². The highest BCUT2D eigenvalue weighted by Crippen LogP contribution is 2.57. The molecule has 0 aromatic heterocycles. The smallest absolute Gasteiger partial charge is 0.226 e. The lowest BCUT2D eigenvalue weighted by atomic mass is 9.53. The Morgan fingerprint density at radius 2 is 1.94 bits per heavy atom. The van der Waals surface area contributed by atoms with E-state index in [4.69, 9.17) is 16.6 Å². The molecule has 1 saturated heterocycles. The summed E-state index contributed by atoms with van der Waals surface area (Å²) in [5.74, 6) is 2.83. The summed E-state index contributed by atoms with van der Waals surface area (Å²) in [5.41, 5.74) is 0.289. The van der Waals surface area contributed by atoms with Gasteiger partial charge in [-0.3, -0.25) is 9.79 Å². The van der Waals surface area contributed by atoms with Crippen LogP contribution < -0.4 is 5.32 Å². The van der Waals surface area contributed by atoms with Gasteiger partial charge in [0.05, 0.1) is 11.2 Å². The van der Waals surface area contributed by atoms with E-state index in [0.717, 1.165) is 41.6 Å². The predicted octanol–water partition coefficient (Wildman–Crippen LogP) is 5.96. The number of benzene rings is 1. The first-order valence-electron chi connectivity index (χ1n) is 11.7. The second-order valence-electron chi connectivity index (χ2n) is 10.1. The number of nitrogens with zero attached hydrogens (tertiary/aromatic N) is 2. The maximum Gasteiger partial charge on any atom is 0.226 e. The van der Waals surface area contributed by atoms with Crippen molar-refractivity contribution >= 4 is 40.1 Å². The second kappa shape index (κ2) is 8.58. The molecule has 4 bridgehead atoms. The molecule has 31 heavy (non-hydrogen) atoms. The zero-order chi connectivity index (χ0) is 21.6. The van der Waals surface area contributed by atoms with Crippen LogP contribution in [0.4, 0.5) is 10.1 Å². The van der Waals surface area contributed by atoms with E-state index in [-0.39, 0.29) is 23.2 Å². The number of amidine groups is 1. The van der Waals surface area contributed by atoms with Gasteiger partial charge in [-0.15, -0.1) is 0 Å². The van der Waals surface area contributed by atoms with Crippen molar-refractivity contribution in [3.05, 3.63) is 29.0 Å². The zero-order valence-electron chi connectivity index (χ0n) is 18.1. The van der Waals surface area contributed by atoms with Crippen LogP contribution in [0.15, 0.2) is 23.2 Å². The van der Waals surface area contributed by atoms with Crippen LogP contribution in [0.25, 0.3) is 0 Å². The second-order valence-corrected chi connectivity index (χ2v) is 11.5. The molecule has 168 valence electrons. The zero-order valence-corrected chi connectivity index (χ0v) is 19.7. The summed E-state index contributed by atoms with van der Waals surface area (Å²) in [7, 11) is 0. The van der Waals surface area contributed by atoms with Crippen LogP contribution in [0.2, 0.25) is 5.02 Å². The lowest BCUT2D eigenvalue weighted by Crippen LogP contribution is -2.50. The van der Waals surface area contributed by atoms with Gasteiger partial charge < -0.3 is 10.2 Å². The van der Waals surface area contributed by atoms with Gasteiger partial charge in [-0.2, -0.15) is 0 Å². The number of hydrogen-bond acceptors (Lipinski definition) is 3. The number of anilines is 1. The predicted molar refractivity (Wildman–Crippen MR) is 126 cm³/mol. The first-order valence-corrected chi connectivity index (χ1v) is 13.0. The summed E-state index contributed by atoms with van der Waals surface area (Å²) in [6, 6.07) is 4.32. The van der Waals surface area contributed by atoms with Gasteiger partial charge in [0.1, 0.15) is 5.82 Å². The number of nitrogens with one attached hydrogen (secondary N) is 1. The molecule has 5 aliphatic rings. The molecule has 6 rings (SSSR count). The summed E-state index contributed by atoms with van der Waals surface area (Å²) in [6.07, 6.45) is 9.35. The molecule has 4 nitrogen and oxygen atoms in total. The van der Waals surface area contributed by atoms with Gasteiger partial charge in [-0.05, 0) is 80.9 Å². The van der Waals surface area contributed by atoms with Crippen LogP contribution in [0.1, 0.15) is 58.3 Å². The minimum absolute atomic E-state index is 0.0971. The number of halogens is 2. The van der Waals surface area contributed by atoms with E-state index in [9.17, 15) is 9.18 Å². The number of amides is 1. The molecule has 1 aliphatic heterocycles. The van der Waals surface area contributed by atoms with Crippen LogP contribution >= 0.6 is 23.4 Å². The number of thioether (sulfide) groups is 1. The average molecular weight is 464 g/mol. The van der Waals surface area contributed by atoms with E-state index >= 15 is 0 Å². The quantitative estimate of drug-likeness (QED) is 0.566. The lowest BCUT2D eigenvalue weighted by Gasteiger charge is -2.55. The SMILES string of the molecule is CCCN1C(=NC23CC4CC(CC(C4)C2)C3)SCC1CC(=O)Nc1cc(Cl)ccc1F. The fourth-order valence-corrected chi connectivity index (χ4v) is 8.17. The summed E-state index contributed by atoms with van der Waals surface area (Å²) in [5, 5.41) is 4.25. The molecule has 1 unspecified atom stereocenters. The molecule has 0 radical (unpaired) electrons. The molecule has 1 heterocycles. The number of aliphatic imine (C=N–C) groups is 1. The van der Waals surface area contributed by atoms with Crippen molar-refractivity contribution in [2.24, 2.45) is 22.7 Å². The van der Waals surface area contributed by atoms with Gasteiger partial charge >= 0.3 is 0 Å². The van der Waals surface area contributed by atoms with Crippen molar-refractivity contribution < 1.29 is 9.18 Å². The number of hydrogen-bond donors (Lipinski definition) is 1. The van der Waals surface area contributed by atoms with E-state index in [1.54, 1.807) is 11.8 Å². The minimum Gasteiger partial charge on any atom is -0.347 e.